The van der Waals surface area contributed by atoms with E-state index in [1.54, 1.807) is 30.3 Å². The summed E-state index contributed by atoms with van der Waals surface area (Å²) in [7, 11) is 0. The average molecular weight is 579 g/mol. The van der Waals surface area contributed by atoms with Crippen molar-refractivity contribution in [1.29, 1.82) is 0 Å². The van der Waals surface area contributed by atoms with Crippen LogP contribution in [0.25, 0.3) is 22.3 Å². The molecule has 14 heteroatoms. The number of fused-ring (bicyclic) bond motifs is 1. The summed E-state index contributed by atoms with van der Waals surface area (Å²) in [5.41, 5.74) is 0.0782. The van der Waals surface area contributed by atoms with Crippen LogP contribution in [0.5, 0.6) is 11.5 Å². The van der Waals surface area contributed by atoms with Crippen molar-refractivity contribution in [3.05, 3.63) is 58.8 Å². The largest absolute Gasteiger partial charge is 0.507 e. The van der Waals surface area contributed by atoms with Crippen LogP contribution in [0.3, 0.4) is 0 Å². The van der Waals surface area contributed by atoms with Gasteiger partial charge >= 0.3 is 0 Å². The van der Waals surface area contributed by atoms with Gasteiger partial charge in [-0.15, -0.1) is 0 Å². The van der Waals surface area contributed by atoms with Gasteiger partial charge in [-0.1, -0.05) is 30.3 Å². The van der Waals surface area contributed by atoms with E-state index in [0.29, 0.717) is 5.56 Å². The topological polar surface area (TPSA) is 229 Å². The van der Waals surface area contributed by atoms with E-state index in [-0.39, 0.29) is 22.5 Å². The summed E-state index contributed by atoms with van der Waals surface area (Å²) < 4.78 is 27.8. The Labute approximate surface area is 231 Å². The van der Waals surface area contributed by atoms with Crippen LogP contribution >= 0.6 is 0 Å². The summed E-state index contributed by atoms with van der Waals surface area (Å²) in [5.74, 6) is -0.346. The Hall–Kier alpha value is -3.15. The van der Waals surface area contributed by atoms with Crippen LogP contribution in [-0.4, -0.2) is 115 Å². The number of ether oxygens (including phenoxy) is 4. The highest BCUT2D eigenvalue weighted by molar-refractivity contribution is 5.86. The monoisotopic (exact) mass is 578 g/mol. The summed E-state index contributed by atoms with van der Waals surface area (Å²) in [6.07, 6.45) is -16.0. The van der Waals surface area contributed by atoms with Gasteiger partial charge in [-0.25, -0.2) is 0 Å². The minimum Gasteiger partial charge on any atom is -0.507 e. The van der Waals surface area contributed by atoms with Crippen molar-refractivity contribution < 1.29 is 64.2 Å². The molecule has 222 valence electrons. The third-order valence-electron chi connectivity index (χ3n) is 7.04. The minimum atomic E-state index is -1.78. The van der Waals surface area contributed by atoms with E-state index >= 15 is 0 Å². The number of aliphatic hydroxyl groups is 7. The van der Waals surface area contributed by atoms with Crippen LogP contribution < -0.4 is 10.2 Å². The first-order chi connectivity index (χ1) is 19.6. The Morgan fingerprint density at radius 1 is 0.756 bits per heavy atom. The zero-order valence-electron chi connectivity index (χ0n) is 21.3. The number of phenols is 1. The molecule has 3 heterocycles. The van der Waals surface area contributed by atoms with E-state index in [1.807, 2.05) is 0 Å². The Kier molecular flexibility index (Phi) is 8.58. The van der Waals surface area contributed by atoms with E-state index < -0.39 is 85.8 Å². The van der Waals surface area contributed by atoms with E-state index in [9.17, 15) is 45.6 Å². The van der Waals surface area contributed by atoms with E-state index in [2.05, 4.69) is 0 Å². The summed E-state index contributed by atoms with van der Waals surface area (Å²) in [6.45, 7) is -1.23. The van der Waals surface area contributed by atoms with Crippen molar-refractivity contribution in [3.8, 4) is 22.8 Å². The molecule has 41 heavy (non-hydrogen) atoms. The Morgan fingerprint density at radius 2 is 1.39 bits per heavy atom. The van der Waals surface area contributed by atoms with Crippen LogP contribution in [0, 0.1) is 0 Å². The molecule has 0 saturated carbocycles. The molecule has 2 aliphatic rings. The molecule has 0 unspecified atom stereocenters. The van der Waals surface area contributed by atoms with E-state index in [1.165, 1.54) is 12.1 Å². The molecule has 0 amide bonds. The Balaban J connectivity index is 1.34. The predicted octanol–water partition coefficient (Wildman–Crippen LogP) is -1.83. The van der Waals surface area contributed by atoms with Gasteiger partial charge in [0.2, 0.25) is 6.29 Å². The zero-order valence-corrected chi connectivity index (χ0v) is 21.3. The number of aliphatic hydroxyl groups excluding tert-OH is 7. The SMILES string of the molecule is O=c1cc(-c2ccccc2)oc2cc(O[C@@H]3O[C@H](CO[C@@H]4O[C@H](CO)[C@H](O)[C@H](O)[C@@H]4O)[C@@H](O)[C@H](O)[C@H]3O)cc(O)c12. The van der Waals surface area contributed by atoms with Gasteiger partial charge in [0, 0.05) is 23.8 Å². The Morgan fingerprint density at radius 3 is 2.07 bits per heavy atom. The van der Waals surface area contributed by atoms with Gasteiger partial charge in [-0.2, -0.15) is 0 Å². The van der Waals surface area contributed by atoms with Crippen molar-refractivity contribution in [3.63, 3.8) is 0 Å². The lowest BCUT2D eigenvalue weighted by Gasteiger charge is -2.42. The third-order valence-corrected chi connectivity index (χ3v) is 7.04. The fourth-order valence-corrected chi connectivity index (χ4v) is 4.74. The van der Waals surface area contributed by atoms with Gasteiger partial charge in [0.05, 0.1) is 13.2 Å². The molecule has 2 saturated heterocycles. The van der Waals surface area contributed by atoms with E-state index in [0.717, 1.165) is 6.07 Å². The highest BCUT2D eigenvalue weighted by atomic mass is 16.7. The van der Waals surface area contributed by atoms with Crippen molar-refractivity contribution in [2.75, 3.05) is 13.2 Å². The highest BCUT2D eigenvalue weighted by Gasteiger charge is 2.48. The quantitative estimate of drug-likeness (QED) is 0.154. The van der Waals surface area contributed by atoms with Crippen LogP contribution in [0.1, 0.15) is 0 Å². The Bertz CT molecular complexity index is 1390. The number of phenolic OH excluding ortho intramolecular Hbond substituents is 1. The lowest BCUT2D eigenvalue weighted by Crippen LogP contribution is -2.62. The van der Waals surface area contributed by atoms with Crippen LogP contribution in [-0.2, 0) is 14.2 Å². The van der Waals surface area contributed by atoms with E-state index in [4.69, 9.17) is 23.4 Å². The molecule has 0 aliphatic carbocycles. The number of hydrogen-bond donors (Lipinski definition) is 8. The maximum atomic E-state index is 12.7. The maximum Gasteiger partial charge on any atom is 0.229 e. The van der Waals surface area contributed by atoms with Gasteiger partial charge in [0.25, 0.3) is 0 Å². The lowest BCUT2D eigenvalue weighted by atomic mass is 9.98. The first-order valence-corrected chi connectivity index (χ1v) is 12.7. The third kappa shape index (κ3) is 5.80. The zero-order chi connectivity index (χ0) is 29.4. The van der Waals surface area contributed by atoms with Gasteiger partial charge in [0.1, 0.15) is 77.1 Å². The second-order valence-corrected chi connectivity index (χ2v) is 9.82. The summed E-state index contributed by atoms with van der Waals surface area (Å²) in [5, 5.41) is 81.2. The predicted molar refractivity (Wildman–Crippen MR) is 137 cm³/mol. The number of aromatic hydroxyl groups is 1. The molecule has 0 bridgehead atoms. The summed E-state index contributed by atoms with van der Waals surface area (Å²) in [6, 6.07) is 12.4. The molecule has 8 N–H and O–H groups in total. The van der Waals surface area contributed by atoms with Gasteiger partial charge < -0.3 is 64.2 Å². The first-order valence-electron chi connectivity index (χ1n) is 12.7. The molecule has 3 aromatic rings. The molecule has 0 spiro atoms. The van der Waals surface area contributed by atoms with Gasteiger partial charge in [-0.05, 0) is 0 Å². The molecule has 2 aromatic carbocycles. The second kappa shape index (κ2) is 12.0. The number of benzene rings is 2. The average Bonchev–Trinajstić information content (AvgIpc) is 2.96. The highest BCUT2D eigenvalue weighted by Crippen LogP contribution is 2.33. The molecule has 1 aromatic heterocycles. The molecule has 2 aliphatic heterocycles. The lowest BCUT2D eigenvalue weighted by molar-refractivity contribution is -0.323. The number of hydrogen-bond acceptors (Lipinski definition) is 14. The first kappa shape index (κ1) is 29.3. The molecule has 5 rings (SSSR count). The van der Waals surface area contributed by atoms with Gasteiger partial charge in [0.15, 0.2) is 11.7 Å². The number of rotatable bonds is 7. The minimum absolute atomic E-state index is 0.0280. The second-order valence-electron chi connectivity index (χ2n) is 9.82. The van der Waals surface area contributed by atoms with Crippen molar-refractivity contribution >= 4 is 11.0 Å². The van der Waals surface area contributed by atoms with Crippen molar-refractivity contribution in [2.45, 2.75) is 61.4 Å². The maximum absolute atomic E-state index is 12.7. The van der Waals surface area contributed by atoms with Crippen LogP contribution in [0.2, 0.25) is 0 Å². The van der Waals surface area contributed by atoms with Crippen LogP contribution in [0.15, 0.2) is 57.7 Å². The van der Waals surface area contributed by atoms with Crippen LogP contribution in [0.4, 0.5) is 0 Å². The molecule has 2 fully saturated rings. The summed E-state index contributed by atoms with van der Waals surface area (Å²) >= 11 is 0. The molecule has 10 atom stereocenters. The fourth-order valence-electron chi connectivity index (χ4n) is 4.74. The standard InChI is InChI=1S/C27H30O14/c28-9-17-20(31)22(33)24(35)26(40-17)37-10-18-21(32)23(34)25(36)27(41-18)38-12-6-13(29)19-14(30)8-15(39-16(19)7-12)11-4-2-1-3-5-11/h1-8,17-18,20-29,31-36H,9-10H2/t17-,18-,20+,21-,22+,23+,24+,25-,26-,27-/m1/s1. The smallest absolute Gasteiger partial charge is 0.229 e. The fraction of sp³-hybridized carbons (Fsp3) is 0.444. The molecular weight excluding hydrogens is 548 g/mol. The molecule has 0 radical (unpaired) electrons. The van der Waals surface area contributed by atoms with Crippen molar-refractivity contribution in [1.82, 2.24) is 0 Å². The van der Waals surface area contributed by atoms with Crippen molar-refractivity contribution in [2.24, 2.45) is 0 Å². The molecular formula is C27H30O14. The normalized spacial score (nSPS) is 34.0. The summed E-state index contributed by atoms with van der Waals surface area (Å²) in [4.78, 5) is 12.7. The molecule has 14 nitrogen and oxygen atoms in total. The van der Waals surface area contributed by atoms with Gasteiger partial charge in [-0.3, -0.25) is 4.79 Å².